The van der Waals surface area contributed by atoms with Crippen molar-refractivity contribution in [2.24, 2.45) is 0 Å². The zero-order valence-corrected chi connectivity index (χ0v) is 5.56. The summed E-state index contributed by atoms with van der Waals surface area (Å²) in [5.41, 5.74) is -0.159. The first-order chi connectivity index (χ1) is 4.25. The van der Waals surface area contributed by atoms with E-state index < -0.39 is 0 Å². The van der Waals surface area contributed by atoms with Crippen LogP contribution in [0.15, 0.2) is 0 Å². The van der Waals surface area contributed by atoms with Gasteiger partial charge in [-0.25, -0.2) is 0 Å². The lowest BCUT2D eigenvalue weighted by Gasteiger charge is -2.34. The Kier molecular flexibility index (Phi) is 1.63. The number of carbonyl (C=O) groups excluding carboxylic acids is 1. The molecule has 1 atom stereocenters. The molecule has 0 aromatic rings. The maximum absolute atomic E-state index is 10.6. The Hall–Kier alpha value is -0.680. The zero-order chi connectivity index (χ0) is 6.85. The molecule has 2 nitrogen and oxygen atoms in total. The topological polar surface area (TPSA) is 20.3 Å². The van der Waals surface area contributed by atoms with Gasteiger partial charge in [-0.3, -0.25) is 4.79 Å². The predicted molar refractivity (Wildman–Crippen MR) is 34.8 cm³/mol. The average Bonchev–Trinajstić information content (AvgIpc) is 1.84. The fourth-order valence-corrected chi connectivity index (χ4v) is 1.01. The smallest absolute Gasteiger partial charge is 0.227 e. The molecule has 0 saturated carbocycles. The highest BCUT2D eigenvalue weighted by Crippen LogP contribution is 2.21. The van der Waals surface area contributed by atoms with Crippen molar-refractivity contribution in [3.63, 3.8) is 0 Å². The molecule has 0 spiro atoms. The van der Waals surface area contributed by atoms with E-state index in [1.54, 1.807) is 0 Å². The van der Waals surface area contributed by atoms with E-state index in [0.29, 0.717) is 13.0 Å². The van der Waals surface area contributed by atoms with Crippen LogP contribution in [0.3, 0.4) is 0 Å². The lowest BCUT2D eigenvalue weighted by molar-refractivity contribution is -0.140. The Morgan fingerprint density at radius 3 is 2.89 bits per heavy atom. The molecule has 1 unspecified atom stereocenters. The Morgan fingerprint density at radius 2 is 2.67 bits per heavy atom. The second kappa shape index (κ2) is 2.28. The summed E-state index contributed by atoms with van der Waals surface area (Å²) in [6.07, 6.45) is 5.39. The van der Waals surface area contributed by atoms with E-state index >= 15 is 0 Å². The molecule has 0 radical (unpaired) electrons. The van der Waals surface area contributed by atoms with Gasteiger partial charge < -0.3 is 4.90 Å². The van der Waals surface area contributed by atoms with Gasteiger partial charge in [0.05, 0.1) is 13.0 Å². The molecule has 1 rings (SSSR count). The van der Waals surface area contributed by atoms with Crippen molar-refractivity contribution in [3.8, 4) is 12.3 Å². The molecule has 0 aliphatic carbocycles. The highest BCUT2D eigenvalue weighted by Gasteiger charge is 2.33. The van der Waals surface area contributed by atoms with Crippen molar-refractivity contribution in [1.29, 1.82) is 0 Å². The Balaban J connectivity index is 2.41. The van der Waals surface area contributed by atoms with E-state index in [4.69, 9.17) is 18.0 Å². The minimum atomic E-state index is -0.159. The molecule has 1 heterocycles. The summed E-state index contributed by atoms with van der Waals surface area (Å²) >= 11 is 5.60. The summed E-state index contributed by atoms with van der Waals surface area (Å²) in [5.74, 6) is 2.40. The number of β-lactam (4-membered cyclic amide) rings is 1. The molecule has 48 valence electrons. The summed E-state index contributed by atoms with van der Waals surface area (Å²) < 4.78 is 0. The molecule has 1 aliphatic rings. The monoisotopic (exact) mass is 143 g/mol. The Morgan fingerprint density at radius 1 is 2.00 bits per heavy atom. The first-order valence-corrected chi connectivity index (χ1v) is 3.06. The van der Waals surface area contributed by atoms with Crippen molar-refractivity contribution in [1.82, 2.24) is 4.90 Å². The second-order valence-corrected chi connectivity index (χ2v) is 2.37. The molecule has 3 heteroatoms. The van der Waals surface area contributed by atoms with Crippen molar-refractivity contribution in [3.05, 3.63) is 0 Å². The number of halogens is 1. The third-order valence-corrected chi connectivity index (χ3v) is 1.65. The van der Waals surface area contributed by atoms with Crippen molar-refractivity contribution in [2.75, 3.05) is 6.54 Å². The average molecular weight is 144 g/mol. The van der Waals surface area contributed by atoms with E-state index in [0.717, 1.165) is 0 Å². The highest BCUT2D eigenvalue weighted by atomic mass is 35.5. The van der Waals surface area contributed by atoms with Gasteiger partial charge in [-0.15, -0.1) is 6.42 Å². The summed E-state index contributed by atoms with van der Waals surface area (Å²) in [7, 11) is 0. The van der Waals surface area contributed by atoms with Crippen LogP contribution in [0.4, 0.5) is 0 Å². The maximum Gasteiger partial charge on any atom is 0.227 e. The van der Waals surface area contributed by atoms with Crippen LogP contribution in [0.5, 0.6) is 0 Å². The predicted octanol–water partition coefficient (Wildman–Crippen LogP) is 0.417. The van der Waals surface area contributed by atoms with Crippen LogP contribution in [0.1, 0.15) is 6.42 Å². The lowest BCUT2D eigenvalue weighted by atomic mass is 10.2. The number of terminal acetylenes is 1. The third kappa shape index (κ3) is 1.01. The molecule has 1 amide bonds. The van der Waals surface area contributed by atoms with E-state index in [2.05, 4.69) is 5.92 Å². The molecule has 9 heavy (non-hydrogen) atoms. The molecule has 0 aromatic heterocycles. The molecular formula is C6H6ClNO. The fraction of sp³-hybridized carbons (Fsp3) is 0.500. The lowest BCUT2D eigenvalue weighted by Crippen LogP contribution is -2.49. The molecular weight excluding hydrogens is 138 g/mol. The normalized spacial score (nSPS) is 25.1. The number of rotatable bonds is 1. The number of carbonyl (C=O) groups is 1. The van der Waals surface area contributed by atoms with Crippen LogP contribution in [0.25, 0.3) is 0 Å². The summed E-state index contributed by atoms with van der Waals surface area (Å²) in [6, 6.07) is 0. The van der Waals surface area contributed by atoms with Crippen LogP contribution in [-0.4, -0.2) is 22.9 Å². The second-order valence-electron chi connectivity index (χ2n) is 1.86. The van der Waals surface area contributed by atoms with E-state index in [9.17, 15) is 4.79 Å². The van der Waals surface area contributed by atoms with E-state index in [-0.39, 0.29) is 11.4 Å². The van der Waals surface area contributed by atoms with Gasteiger partial charge in [-0.05, 0) is 0 Å². The van der Waals surface area contributed by atoms with Gasteiger partial charge in [0, 0.05) is 0 Å². The van der Waals surface area contributed by atoms with E-state index in [1.165, 1.54) is 4.90 Å². The zero-order valence-electron chi connectivity index (χ0n) is 4.80. The number of amides is 1. The molecule has 0 aromatic carbocycles. The van der Waals surface area contributed by atoms with Crippen molar-refractivity contribution >= 4 is 17.5 Å². The fourth-order valence-electron chi connectivity index (χ4n) is 0.701. The van der Waals surface area contributed by atoms with Crippen molar-refractivity contribution in [2.45, 2.75) is 11.9 Å². The van der Waals surface area contributed by atoms with Crippen LogP contribution < -0.4 is 0 Å². The highest BCUT2D eigenvalue weighted by molar-refractivity contribution is 6.24. The van der Waals surface area contributed by atoms with Crippen LogP contribution in [0, 0.1) is 12.3 Å². The number of alkyl halides is 1. The van der Waals surface area contributed by atoms with Crippen LogP contribution >= 0.6 is 11.6 Å². The quantitative estimate of drug-likeness (QED) is 0.226. The van der Waals surface area contributed by atoms with Crippen molar-refractivity contribution < 1.29 is 4.79 Å². The number of hydrogen-bond donors (Lipinski definition) is 0. The minimum Gasteiger partial charge on any atom is -0.314 e. The Labute approximate surface area is 58.8 Å². The first-order valence-electron chi connectivity index (χ1n) is 2.62. The molecule has 1 fully saturated rings. The van der Waals surface area contributed by atoms with Gasteiger partial charge in [0.15, 0.2) is 0 Å². The van der Waals surface area contributed by atoms with Gasteiger partial charge >= 0.3 is 0 Å². The Bertz CT molecular complexity index is 172. The molecule has 1 aliphatic heterocycles. The number of hydrogen-bond acceptors (Lipinski definition) is 1. The first kappa shape index (κ1) is 6.44. The van der Waals surface area contributed by atoms with Gasteiger partial charge in [0.2, 0.25) is 5.91 Å². The maximum atomic E-state index is 10.6. The summed E-state index contributed by atoms with van der Waals surface area (Å²) in [4.78, 5) is 12.0. The molecule has 0 N–H and O–H groups in total. The summed E-state index contributed by atoms with van der Waals surface area (Å²) in [6.45, 7) is 0.340. The van der Waals surface area contributed by atoms with Gasteiger partial charge in [-0.1, -0.05) is 17.5 Å². The van der Waals surface area contributed by atoms with E-state index in [1.807, 2.05) is 0 Å². The SMILES string of the molecule is C#CCN1C(=O)CC1Cl. The van der Waals surface area contributed by atoms with Crippen LogP contribution in [-0.2, 0) is 4.79 Å². The minimum absolute atomic E-state index is 0.0490. The largest absolute Gasteiger partial charge is 0.314 e. The van der Waals surface area contributed by atoms with Crippen LogP contribution in [0.2, 0.25) is 0 Å². The summed E-state index contributed by atoms with van der Waals surface area (Å²) in [5, 5.41) is 0. The van der Waals surface area contributed by atoms with Gasteiger partial charge in [0.25, 0.3) is 0 Å². The number of likely N-dealkylation sites (tertiary alicyclic amines) is 1. The van der Waals surface area contributed by atoms with Gasteiger partial charge in [-0.2, -0.15) is 0 Å². The van der Waals surface area contributed by atoms with Gasteiger partial charge in [0.1, 0.15) is 5.50 Å². The number of nitrogens with zero attached hydrogens (tertiary/aromatic N) is 1. The molecule has 0 bridgehead atoms. The standard InChI is InChI=1S/C6H6ClNO/c1-2-3-8-5(7)4-6(8)9/h1,5H,3-4H2. The third-order valence-electron chi connectivity index (χ3n) is 1.26. The molecule has 1 saturated heterocycles.